The molecule has 3 aromatic rings. The van der Waals surface area contributed by atoms with Gasteiger partial charge in [-0.15, -0.1) is 22.9 Å². The van der Waals surface area contributed by atoms with Crippen LogP contribution in [0, 0.1) is 0 Å². The zero-order valence-electron chi connectivity index (χ0n) is 10.0. The second kappa shape index (κ2) is 5.49. The molecule has 0 aliphatic rings. The molecule has 2 heterocycles. The van der Waals surface area contributed by atoms with Crippen LogP contribution in [0.1, 0.15) is 11.5 Å². The number of para-hydroxylation sites is 1. The Morgan fingerprint density at radius 2 is 2.21 bits per heavy atom. The number of fused-ring (bicyclic) bond motifs is 1. The summed E-state index contributed by atoms with van der Waals surface area (Å²) in [5, 5.41) is 2.76. The minimum Gasteiger partial charge on any atom is -0.325 e. The van der Waals surface area contributed by atoms with E-state index in [9.17, 15) is 0 Å². The van der Waals surface area contributed by atoms with Crippen LogP contribution in [-0.2, 0) is 18.8 Å². The van der Waals surface area contributed by atoms with Crippen LogP contribution in [0.5, 0.6) is 0 Å². The number of benzene rings is 1. The Bertz CT molecular complexity index is 691. The fourth-order valence-corrected chi connectivity index (χ4v) is 3.19. The van der Waals surface area contributed by atoms with Gasteiger partial charge in [-0.25, -0.2) is 9.97 Å². The predicted molar refractivity (Wildman–Crippen MR) is 80.1 cm³/mol. The first-order chi connectivity index (χ1) is 9.29. The molecule has 6 heteroatoms. The summed E-state index contributed by atoms with van der Waals surface area (Å²) in [5.74, 6) is 1.22. The molecule has 0 fully saturated rings. The van der Waals surface area contributed by atoms with Gasteiger partial charge in [-0.05, 0) is 12.1 Å². The van der Waals surface area contributed by atoms with Crippen LogP contribution >= 0.6 is 34.5 Å². The summed E-state index contributed by atoms with van der Waals surface area (Å²) >= 11 is 13.9. The quantitative estimate of drug-likeness (QED) is 0.678. The number of imidazole rings is 1. The van der Waals surface area contributed by atoms with E-state index in [4.69, 9.17) is 23.2 Å². The lowest BCUT2D eigenvalue weighted by Gasteiger charge is -2.07. The third-order valence-corrected chi connectivity index (χ3v) is 4.17. The summed E-state index contributed by atoms with van der Waals surface area (Å²) in [7, 11) is 0. The lowest BCUT2D eigenvalue weighted by molar-refractivity contribution is 0.680. The van der Waals surface area contributed by atoms with E-state index in [0.717, 1.165) is 35.5 Å². The Morgan fingerprint density at radius 3 is 2.95 bits per heavy atom. The predicted octanol–water partition coefficient (Wildman–Crippen LogP) is 4.13. The van der Waals surface area contributed by atoms with E-state index in [1.54, 1.807) is 11.3 Å². The monoisotopic (exact) mass is 311 g/mol. The molecule has 0 saturated heterocycles. The van der Waals surface area contributed by atoms with Crippen molar-refractivity contribution in [1.29, 1.82) is 0 Å². The Hall–Kier alpha value is -1.10. The van der Waals surface area contributed by atoms with Crippen molar-refractivity contribution in [2.75, 3.05) is 0 Å². The Balaban J connectivity index is 2.00. The van der Waals surface area contributed by atoms with E-state index >= 15 is 0 Å². The number of nitrogens with zero attached hydrogens (tertiary/aromatic N) is 3. The molecule has 0 aliphatic heterocycles. The van der Waals surface area contributed by atoms with Crippen molar-refractivity contribution in [3.63, 3.8) is 0 Å². The topological polar surface area (TPSA) is 30.7 Å². The SMILES string of the molecule is ClCc1nc2cccc(Cl)c2n1CCc1cscn1. The van der Waals surface area contributed by atoms with Crippen molar-refractivity contribution in [2.45, 2.75) is 18.8 Å². The molecule has 0 N–H and O–H groups in total. The molecule has 98 valence electrons. The highest BCUT2D eigenvalue weighted by Gasteiger charge is 2.12. The smallest absolute Gasteiger partial charge is 0.124 e. The maximum atomic E-state index is 6.28. The van der Waals surface area contributed by atoms with Gasteiger partial charge >= 0.3 is 0 Å². The second-order valence-corrected chi connectivity index (χ2v) is 5.54. The number of hydrogen-bond donors (Lipinski definition) is 0. The molecule has 0 saturated carbocycles. The van der Waals surface area contributed by atoms with Gasteiger partial charge in [0.1, 0.15) is 5.82 Å². The van der Waals surface area contributed by atoms with Crippen molar-refractivity contribution in [3.05, 3.63) is 45.6 Å². The van der Waals surface area contributed by atoms with Crippen LogP contribution in [0.2, 0.25) is 5.02 Å². The standard InChI is InChI=1S/C13H11Cl2N3S/c14-6-12-17-11-3-1-2-10(15)13(11)18(12)5-4-9-7-19-8-16-9/h1-3,7-8H,4-6H2. The lowest BCUT2D eigenvalue weighted by Crippen LogP contribution is -2.05. The van der Waals surface area contributed by atoms with Gasteiger partial charge < -0.3 is 4.57 Å². The van der Waals surface area contributed by atoms with Crippen LogP contribution in [0.3, 0.4) is 0 Å². The van der Waals surface area contributed by atoms with E-state index in [1.807, 2.05) is 23.7 Å². The highest BCUT2D eigenvalue weighted by Crippen LogP contribution is 2.25. The van der Waals surface area contributed by atoms with E-state index in [-0.39, 0.29) is 0 Å². The van der Waals surface area contributed by atoms with Crippen LogP contribution in [-0.4, -0.2) is 14.5 Å². The maximum Gasteiger partial charge on any atom is 0.124 e. The molecule has 1 aromatic carbocycles. The van der Waals surface area contributed by atoms with E-state index < -0.39 is 0 Å². The number of rotatable bonds is 4. The summed E-state index contributed by atoms with van der Waals surface area (Å²) in [6.45, 7) is 0.784. The van der Waals surface area contributed by atoms with Crippen LogP contribution in [0.25, 0.3) is 11.0 Å². The Labute approximate surface area is 124 Å². The molecule has 19 heavy (non-hydrogen) atoms. The van der Waals surface area contributed by atoms with Gasteiger partial charge in [0.05, 0.1) is 33.1 Å². The van der Waals surface area contributed by atoms with Gasteiger partial charge in [-0.1, -0.05) is 17.7 Å². The normalized spacial score (nSPS) is 11.3. The van der Waals surface area contributed by atoms with E-state index in [2.05, 4.69) is 19.9 Å². The lowest BCUT2D eigenvalue weighted by atomic mass is 10.3. The Kier molecular flexibility index (Phi) is 3.73. The van der Waals surface area contributed by atoms with Crippen molar-refractivity contribution < 1.29 is 0 Å². The highest BCUT2D eigenvalue weighted by atomic mass is 35.5. The number of halogens is 2. The van der Waals surface area contributed by atoms with Crippen LogP contribution in [0.4, 0.5) is 0 Å². The fourth-order valence-electron chi connectivity index (χ4n) is 2.12. The second-order valence-electron chi connectivity index (χ2n) is 4.15. The summed E-state index contributed by atoms with van der Waals surface area (Å²) < 4.78 is 2.09. The first kappa shape index (κ1) is 12.9. The average molecular weight is 312 g/mol. The summed E-state index contributed by atoms with van der Waals surface area (Å²) in [5.41, 5.74) is 4.77. The van der Waals surface area contributed by atoms with Gasteiger partial charge in [-0.3, -0.25) is 0 Å². The van der Waals surface area contributed by atoms with Gasteiger partial charge in [0, 0.05) is 18.3 Å². The third kappa shape index (κ3) is 2.48. The number of thiazole rings is 1. The van der Waals surface area contributed by atoms with Crippen molar-refractivity contribution in [2.24, 2.45) is 0 Å². The highest BCUT2D eigenvalue weighted by molar-refractivity contribution is 7.07. The van der Waals surface area contributed by atoms with Gasteiger partial charge in [-0.2, -0.15) is 0 Å². The summed E-state index contributed by atoms with van der Waals surface area (Å²) in [6, 6.07) is 5.74. The van der Waals surface area contributed by atoms with Crippen molar-refractivity contribution in [3.8, 4) is 0 Å². The molecule has 0 bridgehead atoms. The minimum atomic E-state index is 0.377. The van der Waals surface area contributed by atoms with Crippen molar-refractivity contribution in [1.82, 2.24) is 14.5 Å². The van der Waals surface area contributed by atoms with Crippen molar-refractivity contribution >= 4 is 45.6 Å². The fraction of sp³-hybridized carbons (Fsp3) is 0.231. The van der Waals surface area contributed by atoms with Gasteiger partial charge in [0.2, 0.25) is 0 Å². The first-order valence-electron chi connectivity index (χ1n) is 5.86. The van der Waals surface area contributed by atoms with E-state index in [1.165, 1.54) is 0 Å². The molecule has 0 atom stereocenters. The van der Waals surface area contributed by atoms with Gasteiger partial charge in [0.25, 0.3) is 0 Å². The number of aryl methyl sites for hydroxylation is 2. The molecule has 0 amide bonds. The molecule has 3 nitrogen and oxygen atoms in total. The number of aromatic nitrogens is 3. The number of alkyl halides is 1. The molecule has 3 rings (SSSR count). The minimum absolute atomic E-state index is 0.377. The molecular formula is C13H11Cl2N3S. The number of hydrogen-bond acceptors (Lipinski definition) is 3. The maximum absolute atomic E-state index is 6.28. The first-order valence-corrected chi connectivity index (χ1v) is 7.72. The molecule has 0 aliphatic carbocycles. The molecule has 0 unspecified atom stereocenters. The van der Waals surface area contributed by atoms with Gasteiger partial charge in [0.15, 0.2) is 0 Å². The summed E-state index contributed by atoms with van der Waals surface area (Å²) in [6.07, 6.45) is 0.851. The largest absolute Gasteiger partial charge is 0.325 e. The average Bonchev–Trinajstić information content (AvgIpc) is 3.03. The molecule has 2 aromatic heterocycles. The third-order valence-electron chi connectivity index (χ3n) is 2.99. The molecule has 0 radical (unpaired) electrons. The Morgan fingerprint density at radius 1 is 1.32 bits per heavy atom. The molecular weight excluding hydrogens is 301 g/mol. The van der Waals surface area contributed by atoms with E-state index in [0.29, 0.717) is 10.9 Å². The summed E-state index contributed by atoms with van der Waals surface area (Å²) in [4.78, 5) is 8.81. The molecule has 0 spiro atoms. The van der Waals surface area contributed by atoms with Crippen LogP contribution < -0.4 is 0 Å². The zero-order chi connectivity index (χ0) is 13.2. The van der Waals surface area contributed by atoms with Crippen LogP contribution in [0.15, 0.2) is 29.1 Å². The zero-order valence-corrected chi connectivity index (χ0v) is 12.3.